The Balaban J connectivity index is 1.84. The number of piperidine rings is 1. The van der Waals surface area contributed by atoms with Crippen molar-refractivity contribution in [3.8, 4) is 11.3 Å². The molecule has 0 saturated carbocycles. The maximum Gasteiger partial charge on any atom is 0.433 e. The zero-order valence-corrected chi connectivity index (χ0v) is 18.3. The van der Waals surface area contributed by atoms with Gasteiger partial charge in [0.25, 0.3) is 5.91 Å². The minimum absolute atomic E-state index is 0.0112. The molecule has 1 fully saturated rings. The van der Waals surface area contributed by atoms with Crippen molar-refractivity contribution in [1.82, 2.24) is 19.5 Å². The first kappa shape index (κ1) is 21.9. The lowest BCUT2D eigenvalue weighted by Crippen LogP contribution is -2.47. The highest BCUT2D eigenvalue weighted by Gasteiger charge is 2.37. The number of likely N-dealkylation sites (tertiary alicyclic amines) is 1. The molecule has 1 aliphatic rings. The van der Waals surface area contributed by atoms with E-state index in [1.165, 1.54) is 24.3 Å². The summed E-state index contributed by atoms with van der Waals surface area (Å²) in [7, 11) is 0. The van der Waals surface area contributed by atoms with Gasteiger partial charge in [0, 0.05) is 23.7 Å². The molecule has 1 saturated heterocycles. The van der Waals surface area contributed by atoms with Crippen molar-refractivity contribution in [1.29, 1.82) is 0 Å². The lowest BCUT2D eigenvalue weighted by molar-refractivity contribution is -0.142. The molecule has 4 rings (SSSR count). The fourth-order valence-electron chi connectivity index (χ4n) is 4.04. The predicted molar refractivity (Wildman–Crippen MR) is 112 cm³/mol. The fourth-order valence-corrected chi connectivity index (χ4v) is 4.34. The van der Waals surface area contributed by atoms with E-state index in [1.54, 1.807) is 4.90 Å². The monoisotopic (exact) mass is 470 g/mol. The van der Waals surface area contributed by atoms with Gasteiger partial charge in [-0.15, -0.1) is 0 Å². The number of nitrogens with zero attached hydrogens (tertiary/aromatic N) is 4. The van der Waals surface area contributed by atoms with E-state index in [0.29, 0.717) is 10.1 Å². The topological polar surface area (TPSA) is 50.5 Å². The van der Waals surface area contributed by atoms with Gasteiger partial charge in [0.1, 0.15) is 0 Å². The highest BCUT2D eigenvalue weighted by molar-refractivity contribution is 6.42. The molecule has 3 heterocycles. The fraction of sp³-hybridized carbons (Fsp3) is 0.381. The zero-order chi connectivity index (χ0) is 22.5. The molecule has 10 heteroatoms. The van der Waals surface area contributed by atoms with E-state index < -0.39 is 17.8 Å². The van der Waals surface area contributed by atoms with E-state index in [-0.39, 0.29) is 39.2 Å². The highest BCUT2D eigenvalue weighted by Crippen LogP contribution is 2.34. The summed E-state index contributed by atoms with van der Waals surface area (Å²) in [6.45, 7) is 3.87. The molecular formula is C21H19Cl2F3N4O. The van der Waals surface area contributed by atoms with Crippen LogP contribution < -0.4 is 0 Å². The standard InChI is InChI=1S/C21H19Cl2F3N4O/c1-11-4-3-5-12(2)29(11)20(31)17-10-19-27-16(13-6-7-14(22)15(23)8-13)9-18(21(24,25)26)30(19)28-17/h6-12H,3-5H2,1-2H3/t11-,12-/m0/s1. The number of carbonyl (C=O) groups is 1. The van der Waals surface area contributed by atoms with Crippen molar-refractivity contribution in [2.24, 2.45) is 0 Å². The molecule has 0 radical (unpaired) electrons. The van der Waals surface area contributed by atoms with Crippen LogP contribution in [0.25, 0.3) is 16.9 Å². The Kier molecular flexibility index (Phi) is 5.64. The summed E-state index contributed by atoms with van der Waals surface area (Å²) in [5.41, 5.74) is -0.745. The average Bonchev–Trinajstić information content (AvgIpc) is 3.12. The van der Waals surface area contributed by atoms with Gasteiger partial charge < -0.3 is 4.90 Å². The second kappa shape index (κ2) is 7.98. The Bertz CT molecular complexity index is 1150. The van der Waals surface area contributed by atoms with Crippen molar-refractivity contribution < 1.29 is 18.0 Å². The summed E-state index contributed by atoms with van der Waals surface area (Å²) in [6.07, 6.45) is -2.01. The summed E-state index contributed by atoms with van der Waals surface area (Å²) >= 11 is 11.9. The summed E-state index contributed by atoms with van der Waals surface area (Å²) in [5, 5.41) is 4.47. The molecule has 5 nitrogen and oxygen atoms in total. The molecule has 31 heavy (non-hydrogen) atoms. The molecule has 2 aromatic heterocycles. The van der Waals surface area contributed by atoms with Gasteiger partial charge in [-0.1, -0.05) is 29.3 Å². The van der Waals surface area contributed by atoms with Crippen molar-refractivity contribution in [2.75, 3.05) is 0 Å². The van der Waals surface area contributed by atoms with Gasteiger partial charge in [0.2, 0.25) is 0 Å². The molecule has 0 bridgehead atoms. The third-order valence-electron chi connectivity index (χ3n) is 5.58. The molecule has 2 atom stereocenters. The molecular weight excluding hydrogens is 452 g/mol. The van der Waals surface area contributed by atoms with Crippen molar-refractivity contribution in [2.45, 2.75) is 51.4 Å². The number of hydrogen-bond donors (Lipinski definition) is 0. The Morgan fingerprint density at radius 1 is 1.06 bits per heavy atom. The number of amides is 1. The van der Waals surface area contributed by atoms with Gasteiger partial charge >= 0.3 is 6.18 Å². The molecule has 1 aliphatic heterocycles. The maximum atomic E-state index is 13.8. The van der Waals surface area contributed by atoms with Gasteiger partial charge in [-0.3, -0.25) is 4.79 Å². The minimum Gasteiger partial charge on any atom is -0.332 e. The van der Waals surface area contributed by atoms with E-state index in [9.17, 15) is 18.0 Å². The van der Waals surface area contributed by atoms with E-state index in [1.807, 2.05) is 13.8 Å². The van der Waals surface area contributed by atoms with E-state index in [4.69, 9.17) is 23.2 Å². The molecule has 0 aliphatic carbocycles. The van der Waals surface area contributed by atoms with Gasteiger partial charge in [-0.05, 0) is 51.3 Å². The van der Waals surface area contributed by atoms with Crippen molar-refractivity contribution >= 4 is 34.8 Å². The van der Waals surface area contributed by atoms with Gasteiger partial charge in [0.15, 0.2) is 17.0 Å². The zero-order valence-electron chi connectivity index (χ0n) is 16.7. The summed E-state index contributed by atoms with van der Waals surface area (Å²) in [5.74, 6) is -0.394. The van der Waals surface area contributed by atoms with Crippen LogP contribution in [0.5, 0.6) is 0 Å². The second-order valence-electron chi connectivity index (χ2n) is 7.79. The van der Waals surface area contributed by atoms with Crippen molar-refractivity contribution in [3.63, 3.8) is 0 Å². The summed E-state index contributed by atoms with van der Waals surface area (Å²) in [4.78, 5) is 19.1. The smallest absolute Gasteiger partial charge is 0.332 e. The molecule has 1 aromatic carbocycles. The first-order valence-corrected chi connectivity index (χ1v) is 10.6. The second-order valence-corrected chi connectivity index (χ2v) is 8.61. The normalized spacial score (nSPS) is 19.8. The number of halogens is 5. The Hall–Kier alpha value is -2.32. The van der Waals surface area contributed by atoms with E-state index >= 15 is 0 Å². The van der Waals surface area contributed by atoms with Crippen LogP contribution in [-0.4, -0.2) is 37.5 Å². The van der Waals surface area contributed by atoms with Crippen molar-refractivity contribution in [3.05, 3.63) is 51.8 Å². The van der Waals surface area contributed by atoms with Crippen LogP contribution in [0.1, 0.15) is 49.3 Å². The quantitative estimate of drug-likeness (QED) is 0.452. The molecule has 0 N–H and O–H groups in total. The molecule has 0 unspecified atom stereocenters. The van der Waals surface area contributed by atoms with Crippen LogP contribution in [0.4, 0.5) is 13.2 Å². The first-order chi connectivity index (χ1) is 14.6. The van der Waals surface area contributed by atoms with Crippen LogP contribution >= 0.6 is 23.2 Å². The Morgan fingerprint density at radius 2 is 1.74 bits per heavy atom. The van der Waals surface area contributed by atoms with Crippen LogP contribution in [-0.2, 0) is 6.18 Å². The van der Waals surface area contributed by atoms with E-state index in [0.717, 1.165) is 25.3 Å². The predicted octanol–water partition coefficient (Wildman–Crippen LogP) is 6.13. The lowest BCUT2D eigenvalue weighted by Gasteiger charge is -2.38. The van der Waals surface area contributed by atoms with Crippen LogP contribution in [0, 0.1) is 0 Å². The SMILES string of the molecule is C[C@H]1CCC[C@H](C)N1C(=O)c1cc2nc(-c3ccc(Cl)c(Cl)c3)cc(C(F)(F)F)n2n1. The molecule has 0 spiro atoms. The number of aromatic nitrogens is 3. The van der Waals surface area contributed by atoms with Gasteiger partial charge in [0.05, 0.1) is 15.7 Å². The molecule has 164 valence electrons. The summed E-state index contributed by atoms with van der Waals surface area (Å²) < 4.78 is 42.1. The maximum absolute atomic E-state index is 13.8. The largest absolute Gasteiger partial charge is 0.433 e. The molecule has 1 amide bonds. The van der Waals surface area contributed by atoms with Crippen LogP contribution in [0.15, 0.2) is 30.3 Å². The number of alkyl halides is 3. The minimum atomic E-state index is -4.70. The van der Waals surface area contributed by atoms with Gasteiger partial charge in [-0.2, -0.15) is 18.3 Å². The Labute approximate surface area is 186 Å². The van der Waals surface area contributed by atoms with Crippen LogP contribution in [0.3, 0.4) is 0 Å². The number of carbonyl (C=O) groups excluding carboxylic acids is 1. The Morgan fingerprint density at radius 3 is 2.35 bits per heavy atom. The number of benzene rings is 1. The third kappa shape index (κ3) is 4.11. The average molecular weight is 471 g/mol. The highest BCUT2D eigenvalue weighted by atomic mass is 35.5. The van der Waals surface area contributed by atoms with Gasteiger partial charge in [-0.25, -0.2) is 9.50 Å². The molecule has 3 aromatic rings. The number of rotatable bonds is 2. The number of hydrogen-bond acceptors (Lipinski definition) is 3. The van der Waals surface area contributed by atoms with Crippen LogP contribution in [0.2, 0.25) is 10.0 Å². The lowest BCUT2D eigenvalue weighted by atomic mass is 9.97. The first-order valence-electron chi connectivity index (χ1n) is 9.82. The third-order valence-corrected chi connectivity index (χ3v) is 6.32. The van der Waals surface area contributed by atoms with E-state index in [2.05, 4.69) is 10.1 Å². The number of fused-ring (bicyclic) bond motifs is 1. The summed E-state index contributed by atoms with van der Waals surface area (Å²) in [6, 6.07) is 6.63.